The maximum absolute atomic E-state index is 12.9. The van der Waals surface area contributed by atoms with Gasteiger partial charge in [-0.2, -0.15) is 13.2 Å². The van der Waals surface area contributed by atoms with E-state index in [1.54, 1.807) is 0 Å². The molecule has 2 rings (SSSR count). The highest BCUT2D eigenvalue weighted by Crippen LogP contribution is 2.28. The predicted molar refractivity (Wildman–Crippen MR) is 66.3 cm³/mol. The van der Waals surface area contributed by atoms with Crippen molar-refractivity contribution in [1.29, 1.82) is 0 Å². The summed E-state index contributed by atoms with van der Waals surface area (Å²) in [7, 11) is 0. The Balaban J connectivity index is 2.87. The lowest BCUT2D eigenvalue weighted by Gasteiger charge is -2.13. The van der Waals surface area contributed by atoms with E-state index in [0.29, 0.717) is 4.47 Å². The Labute approximate surface area is 117 Å². The van der Waals surface area contributed by atoms with Crippen LogP contribution in [0.3, 0.4) is 0 Å². The maximum Gasteiger partial charge on any atom is 0.449 e. The fourth-order valence-electron chi connectivity index (χ4n) is 1.69. The highest BCUT2D eigenvalue weighted by Gasteiger charge is 2.37. The number of aliphatic carboxylic acids is 1. The molecule has 0 aliphatic carbocycles. The highest BCUT2D eigenvalue weighted by molar-refractivity contribution is 9.10. The number of aromatic nitrogens is 2. The molecule has 5 nitrogen and oxygen atoms in total. The average molecular weight is 351 g/mol. The van der Waals surface area contributed by atoms with E-state index in [-0.39, 0.29) is 15.5 Å². The first-order valence-electron chi connectivity index (χ1n) is 5.19. The van der Waals surface area contributed by atoms with Gasteiger partial charge in [-0.1, -0.05) is 15.9 Å². The molecule has 20 heavy (non-hydrogen) atoms. The zero-order valence-electron chi connectivity index (χ0n) is 9.61. The van der Waals surface area contributed by atoms with E-state index in [1.807, 2.05) is 0 Å². The van der Waals surface area contributed by atoms with Crippen LogP contribution in [0.25, 0.3) is 10.9 Å². The number of carboxylic acids is 1. The molecule has 0 unspecified atom stereocenters. The molecule has 2 aromatic rings. The first kappa shape index (κ1) is 14.5. The molecular weight excluding hydrogens is 345 g/mol. The third kappa shape index (κ3) is 2.67. The molecule has 0 atom stereocenters. The summed E-state index contributed by atoms with van der Waals surface area (Å²) >= 11 is 3.09. The normalized spacial score (nSPS) is 11.8. The fourth-order valence-corrected chi connectivity index (χ4v) is 2.05. The summed E-state index contributed by atoms with van der Waals surface area (Å²) in [6, 6.07) is 3.99. The third-order valence-electron chi connectivity index (χ3n) is 2.46. The SMILES string of the molecule is O=C(O)Cn1c(C(F)(F)F)nc2ccc(Br)cc2c1=O. The van der Waals surface area contributed by atoms with Gasteiger partial charge in [0.05, 0.1) is 10.9 Å². The van der Waals surface area contributed by atoms with Gasteiger partial charge in [-0.3, -0.25) is 14.2 Å². The van der Waals surface area contributed by atoms with Crippen LogP contribution >= 0.6 is 15.9 Å². The third-order valence-corrected chi connectivity index (χ3v) is 2.96. The zero-order chi connectivity index (χ0) is 15.1. The van der Waals surface area contributed by atoms with Gasteiger partial charge in [0.1, 0.15) is 6.54 Å². The number of hydrogen-bond donors (Lipinski definition) is 1. The number of halogens is 4. The largest absolute Gasteiger partial charge is 0.480 e. The highest BCUT2D eigenvalue weighted by atomic mass is 79.9. The molecule has 0 aliphatic rings. The summed E-state index contributed by atoms with van der Waals surface area (Å²) in [6.45, 7) is -1.11. The van der Waals surface area contributed by atoms with Crippen LogP contribution in [-0.2, 0) is 17.5 Å². The van der Waals surface area contributed by atoms with Crippen LogP contribution in [0, 0.1) is 0 Å². The lowest BCUT2D eigenvalue weighted by Crippen LogP contribution is -2.32. The number of hydrogen-bond acceptors (Lipinski definition) is 3. The maximum atomic E-state index is 12.9. The molecule has 0 amide bonds. The van der Waals surface area contributed by atoms with Gasteiger partial charge >= 0.3 is 12.1 Å². The van der Waals surface area contributed by atoms with Crippen molar-refractivity contribution in [1.82, 2.24) is 9.55 Å². The first-order chi connectivity index (χ1) is 9.20. The molecule has 0 spiro atoms. The molecule has 9 heteroatoms. The van der Waals surface area contributed by atoms with E-state index in [0.717, 1.165) is 0 Å². The van der Waals surface area contributed by atoms with Crippen LogP contribution < -0.4 is 5.56 Å². The summed E-state index contributed by atoms with van der Waals surface area (Å²) < 4.78 is 39.2. The topological polar surface area (TPSA) is 72.2 Å². The Morgan fingerprint density at radius 3 is 2.60 bits per heavy atom. The minimum Gasteiger partial charge on any atom is -0.480 e. The van der Waals surface area contributed by atoms with Gasteiger partial charge in [-0.15, -0.1) is 0 Å². The molecule has 1 N–H and O–H groups in total. The summed E-state index contributed by atoms with van der Waals surface area (Å²) in [5.74, 6) is -3.09. The van der Waals surface area contributed by atoms with Crippen LogP contribution in [0.15, 0.2) is 27.5 Å². The molecule has 0 fully saturated rings. The molecule has 0 saturated carbocycles. The van der Waals surface area contributed by atoms with Crippen molar-refractivity contribution in [3.05, 3.63) is 38.9 Å². The molecular formula is C11H6BrF3N2O3. The van der Waals surface area contributed by atoms with Crippen molar-refractivity contribution >= 4 is 32.8 Å². The molecule has 1 heterocycles. The molecule has 0 radical (unpaired) electrons. The summed E-state index contributed by atoms with van der Waals surface area (Å²) in [5.41, 5.74) is -1.20. The first-order valence-corrected chi connectivity index (χ1v) is 5.98. The van der Waals surface area contributed by atoms with Crippen LogP contribution in [0.4, 0.5) is 13.2 Å². The quantitative estimate of drug-likeness (QED) is 0.901. The lowest BCUT2D eigenvalue weighted by atomic mass is 10.2. The van der Waals surface area contributed by atoms with E-state index < -0.39 is 30.1 Å². The van der Waals surface area contributed by atoms with Crippen molar-refractivity contribution in [3.63, 3.8) is 0 Å². The molecule has 0 bridgehead atoms. The van der Waals surface area contributed by atoms with Crippen molar-refractivity contribution in [2.24, 2.45) is 0 Å². The van der Waals surface area contributed by atoms with Crippen molar-refractivity contribution in [2.75, 3.05) is 0 Å². The number of nitrogens with zero attached hydrogens (tertiary/aromatic N) is 2. The fraction of sp³-hybridized carbons (Fsp3) is 0.182. The van der Waals surface area contributed by atoms with Gasteiger partial charge in [0.2, 0.25) is 5.82 Å². The number of carboxylic acid groups (broad SMARTS) is 1. The standard InChI is InChI=1S/C11H6BrF3N2O3/c12-5-1-2-7-6(3-5)9(20)17(4-8(18)19)10(16-7)11(13,14)15/h1-3H,4H2,(H,18,19). The number of alkyl halides is 3. The minimum absolute atomic E-state index is 0.0892. The molecule has 1 aromatic heterocycles. The summed E-state index contributed by atoms with van der Waals surface area (Å²) in [5, 5.41) is 8.55. The van der Waals surface area contributed by atoms with E-state index in [9.17, 15) is 22.8 Å². The zero-order valence-corrected chi connectivity index (χ0v) is 11.2. The minimum atomic E-state index is -4.92. The van der Waals surface area contributed by atoms with Gasteiger partial charge in [0.15, 0.2) is 0 Å². The number of fused-ring (bicyclic) bond motifs is 1. The van der Waals surface area contributed by atoms with Crippen LogP contribution in [-0.4, -0.2) is 20.6 Å². The second-order valence-electron chi connectivity index (χ2n) is 3.88. The van der Waals surface area contributed by atoms with Crippen molar-refractivity contribution in [2.45, 2.75) is 12.7 Å². The number of carbonyl (C=O) groups is 1. The Morgan fingerprint density at radius 2 is 2.05 bits per heavy atom. The van der Waals surface area contributed by atoms with E-state index in [1.165, 1.54) is 18.2 Å². The van der Waals surface area contributed by atoms with Crippen molar-refractivity contribution in [3.8, 4) is 0 Å². The predicted octanol–water partition coefficient (Wildman–Crippen LogP) is 2.26. The second-order valence-corrected chi connectivity index (χ2v) is 4.80. The lowest BCUT2D eigenvalue weighted by molar-refractivity contribution is -0.150. The van der Waals surface area contributed by atoms with Gasteiger partial charge < -0.3 is 5.11 Å². The van der Waals surface area contributed by atoms with E-state index in [2.05, 4.69) is 20.9 Å². The van der Waals surface area contributed by atoms with Crippen LogP contribution in [0.1, 0.15) is 5.82 Å². The van der Waals surface area contributed by atoms with Gasteiger partial charge in [0, 0.05) is 4.47 Å². The average Bonchev–Trinajstić information content (AvgIpc) is 2.31. The van der Waals surface area contributed by atoms with Crippen LogP contribution in [0.2, 0.25) is 0 Å². The molecule has 0 aliphatic heterocycles. The Hall–Kier alpha value is -1.90. The Bertz CT molecular complexity index is 755. The Kier molecular flexibility index (Phi) is 3.55. The van der Waals surface area contributed by atoms with Crippen LogP contribution in [0.5, 0.6) is 0 Å². The van der Waals surface area contributed by atoms with E-state index >= 15 is 0 Å². The number of rotatable bonds is 2. The van der Waals surface area contributed by atoms with Crippen molar-refractivity contribution < 1.29 is 23.1 Å². The molecule has 0 saturated heterocycles. The summed E-state index contributed by atoms with van der Waals surface area (Å²) in [4.78, 5) is 26.0. The number of benzene rings is 1. The Morgan fingerprint density at radius 1 is 1.40 bits per heavy atom. The van der Waals surface area contributed by atoms with Gasteiger partial charge in [0.25, 0.3) is 5.56 Å². The van der Waals surface area contributed by atoms with Gasteiger partial charge in [-0.05, 0) is 18.2 Å². The smallest absolute Gasteiger partial charge is 0.449 e. The second kappa shape index (κ2) is 4.89. The van der Waals surface area contributed by atoms with E-state index in [4.69, 9.17) is 5.11 Å². The van der Waals surface area contributed by atoms with Gasteiger partial charge in [-0.25, -0.2) is 4.98 Å². The molecule has 106 valence electrons. The summed E-state index contributed by atoms with van der Waals surface area (Å²) in [6.07, 6.45) is -4.92. The monoisotopic (exact) mass is 350 g/mol. The molecule has 1 aromatic carbocycles.